The molecule has 0 saturated heterocycles. The number of aryl methyl sites for hydroxylation is 1. The second kappa shape index (κ2) is 13.6. The van der Waals surface area contributed by atoms with Crippen LogP contribution < -0.4 is 10.0 Å². The minimum absolute atomic E-state index is 0. The van der Waals surface area contributed by atoms with Crippen molar-refractivity contribution in [1.29, 1.82) is 0 Å². The summed E-state index contributed by atoms with van der Waals surface area (Å²) in [6, 6.07) is 26.9. The Balaban J connectivity index is 0.00000405. The number of amides is 2. The summed E-state index contributed by atoms with van der Waals surface area (Å²) in [6.07, 6.45) is 1.64. The normalized spacial score (nSPS) is 13.8. The van der Waals surface area contributed by atoms with Crippen LogP contribution >= 0.6 is 11.8 Å². The zero-order valence-electron chi connectivity index (χ0n) is 21.8. The van der Waals surface area contributed by atoms with Gasteiger partial charge in [-0.15, -0.1) is 0 Å². The molecule has 0 radical (unpaired) electrons. The van der Waals surface area contributed by atoms with Gasteiger partial charge in [0.15, 0.2) is 5.17 Å². The Labute approximate surface area is 269 Å². The third-order valence-corrected chi connectivity index (χ3v) is 8.44. The van der Waals surface area contributed by atoms with Gasteiger partial charge in [-0.3, -0.25) is 9.59 Å². The minimum atomic E-state index is -3.95. The van der Waals surface area contributed by atoms with Crippen molar-refractivity contribution >= 4 is 80.1 Å². The zero-order chi connectivity index (χ0) is 29.0. The first-order valence-electron chi connectivity index (χ1n) is 12.5. The van der Waals surface area contributed by atoms with Crippen LogP contribution in [-0.4, -0.2) is 55.0 Å². The number of carbonyl (C=O) groups is 2. The predicted octanol–water partition coefficient (Wildman–Crippen LogP) is 5.28. The number of nitrogens with one attached hydrogen (secondary N) is 2. The number of hydrogen-bond donors (Lipinski definition) is 2. The number of carbonyl (C=O) groups excluding carboxylic acids is 2. The van der Waals surface area contributed by atoms with Gasteiger partial charge in [0.2, 0.25) is 5.91 Å². The summed E-state index contributed by atoms with van der Waals surface area (Å²) >= 11 is 1.21. The van der Waals surface area contributed by atoms with Crippen LogP contribution in [0.2, 0.25) is 0 Å². The summed E-state index contributed by atoms with van der Waals surface area (Å²) in [5.74, 6) is -1.29. The number of sulfonamides is 1. The van der Waals surface area contributed by atoms with Crippen molar-refractivity contribution in [2.45, 2.75) is 18.2 Å². The molecule has 4 aromatic carbocycles. The van der Waals surface area contributed by atoms with Gasteiger partial charge in [-0.05, 0) is 83.4 Å². The molecule has 0 saturated carbocycles. The van der Waals surface area contributed by atoms with E-state index in [4.69, 9.17) is 0 Å². The van der Waals surface area contributed by atoms with E-state index >= 15 is 0 Å². The van der Waals surface area contributed by atoms with Crippen molar-refractivity contribution in [3.63, 3.8) is 0 Å². The number of aliphatic imine (C=N–C) groups is 1. The molecule has 0 aromatic heterocycles. The van der Waals surface area contributed by atoms with E-state index in [1.54, 1.807) is 54.6 Å². The maximum atomic E-state index is 13.2. The second-order valence-electron chi connectivity index (χ2n) is 9.30. The summed E-state index contributed by atoms with van der Waals surface area (Å²) in [4.78, 5) is 29.4. The molecule has 208 valence electrons. The molecule has 1 aliphatic heterocycles. The van der Waals surface area contributed by atoms with Gasteiger partial charge < -0.3 is 5.32 Å². The van der Waals surface area contributed by atoms with Crippen LogP contribution in [0.25, 0.3) is 17.2 Å². The number of hydrogen-bond acceptors (Lipinski definition) is 6. The summed E-state index contributed by atoms with van der Waals surface area (Å²) in [5, 5.41) is 3.51. The fourth-order valence-corrected chi connectivity index (χ4v) is 5.82. The van der Waals surface area contributed by atoms with E-state index in [9.17, 15) is 22.4 Å². The van der Waals surface area contributed by atoms with Gasteiger partial charge in [0.05, 0.1) is 16.2 Å². The quantitative estimate of drug-likeness (QED) is 0.218. The Morgan fingerprint density at radius 2 is 1.48 bits per heavy atom. The Kier molecular flexibility index (Phi) is 10.2. The molecule has 0 fully saturated rings. The van der Waals surface area contributed by atoms with Gasteiger partial charge in [-0.2, -0.15) is 4.99 Å². The van der Waals surface area contributed by atoms with Gasteiger partial charge in [0.25, 0.3) is 15.9 Å². The number of amidine groups is 1. The summed E-state index contributed by atoms with van der Waals surface area (Å²) in [5.41, 5.74) is 4.85. The molecule has 2 N–H and O–H groups in total. The zero-order valence-corrected chi connectivity index (χ0v) is 23.4. The Hall–Kier alpha value is -3.54. The number of thioether (sulfide) groups is 1. The van der Waals surface area contributed by atoms with Gasteiger partial charge in [-0.1, -0.05) is 66.2 Å². The fraction of sp³-hybridized carbons (Fsp3) is 0.0645. The van der Waals surface area contributed by atoms with E-state index in [0.717, 1.165) is 22.3 Å². The number of anilines is 1. The molecule has 0 aliphatic carbocycles. The van der Waals surface area contributed by atoms with Crippen LogP contribution in [0.15, 0.2) is 112 Å². The SMILES string of the molecule is Cc1ccc(S(=O)(=O)NC(=O)Cc2ccc(NC3=NC(=O)/C(=C\c4ccc(-c5ccc(F)cc5)cc4)S3)cc2)cc1.[NaH]. The van der Waals surface area contributed by atoms with E-state index in [-0.39, 0.29) is 52.6 Å². The van der Waals surface area contributed by atoms with Crippen molar-refractivity contribution < 1.29 is 22.4 Å². The van der Waals surface area contributed by atoms with Crippen molar-refractivity contribution in [3.05, 3.63) is 124 Å². The van der Waals surface area contributed by atoms with Crippen LogP contribution in [0, 0.1) is 12.7 Å². The summed E-state index contributed by atoms with van der Waals surface area (Å²) in [7, 11) is -3.95. The molecule has 4 aromatic rings. The second-order valence-corrected chi connectivity index (χ2v) is 12.0. The molecule has 7 nitrogen and oxygen atoms in total. The van der Waals surface area contributed by atoms with Gasteiger partial charge in [0, 0.05) is 5.69 Å². The molecule has 0 bridgehead atoms. The van der Waals surface area contributed by atoms with Crippen molar-refractivity contribution in [2.75, 3.05) is 5.32 Å². The monoisotopic (exact) mass is 609 g/mol. The van der Waals surface area contributed by atoms with Crippen LogP contribution in [0.1, 0.15) is 16.7 Å². The molecule has 1 heterocycles. The fourth-order valence-electron chi connectivity index (χ4n) is 4.01. The summed E-state index contributed by atoms with van der Waals surface area (Å²) < 4.78 is 40.2. The van der Waals surface area contributed by atoms with Gasteiger partial charge in [-0.25, -0.2) is 17.5 Å². The number of halogens is 1. The maximum absolute atomic E-state index is 13.2. The Morgan fingerprint density at radius 3 is 2.10 bits per heavy atom. The third-order valence-electron chi connectivity index (χ3n) is 6.16. The first-order valence-corrected chi connectivity index (χ1v) is 14.8. The van der Waals surface area contributed by atoms with Crippen molar-refractivity contribution in [1.82, 2.24) is 4.72 Å². The molecular formula is C31H25FN3NaO4S2. The average Bonchev–Trinajstić information content (AvgIpc) is 3.28. The predicted molar refractivity (Wildman–Crippen MR) is 167 cm³/mol. The molecule has 0 atom stereocenters. The van der Waals surface area contributed by atoms with E-state index in [1.165, 1.54) is 36.0 Å². The van der Waals surface area contributed by atoms with Crippen molar-refractivity contribution in [2.24, 2.45) is 4.99 Å². The van der Waals surface area contributed by atoms with Crippen LogP contribution in [0.3, 0.4) is 0 Å². The van der Waals surface area contributed by atoms with Gasteiger partial charge in [0.1, 0.15) is 5.82 Å². The Morgan fingerprint density at radius 1 is 0.881 bits per heavy atom. The van der Waals surface area contributed by atoms with E-state index in [0.29, 0.717) is 21.3 Å². The number of benzene rings is 4. The average molecular weight is 610 g/mol. The molecule has 0 unspecified atom stereocenters. The molecule has 1 aliphatic rings. The molecule has 0 spiro atoms. The molecule has 5 rings (SSSR count). The first kappa shape index (κ1) is 31.4. The first-order chi connectivity index (χ1) is 19.6. The van der Waals surface area contributed by atoms with Crippen LogP contribution in [0.4, 0.5) is 10.1 Å². The van der Waals surface area contributed by atoms with E-state index in [2.05, 4.69) is 15.0 Å². The molecule has 11 heteroatoms. The number of nitrogens with zero attached hydrogens (tertiary/aromatic N) is 1. The number of rotatable bonds is 7. The van der Waals surface area contributed by atoms with E-state index in [1.807, 2.05) is 31.2 Å². The van der Waals surface area contributed by atoms with Gasteiger partial charge >= 0.3 is 29.6 Å². The molecule has 2 amide bonds. The standard InChI is InChI=1S/C31H24FN3O4S2.Na.H/c1-20-2-16-27(17-3-20)41(38,39)35-29(36)19-22-6-14-26(15-7-22)33-31-34-30(37)28(40-31)18-21-4-8-23(9-5-21)24-10-12-25(32)13-11-24;;/h2-18H,19H2,1H3,(H,35,36)(H,33,34,37);;/b28-18+;;. The van der Waals surface area contributed by atoms with E-state index < -0.39 is 15.9 Å². The Bertz CT molecular complexity index is 1770. The summed E-state index contributed by atoms with van der Waals surface area (Å²) in [6.45, 7) is 1.84. The van der Waals surface area contributed by atoms with Crippen LogP contribution in [-0.2, 0) is 26.0 Å². The third kappa shape index (κ3) is 8.05. The molecule has 42 heavy (non-hydrogen) atoms. The topological polar surface area (TPSA) is 105 Å². The van der Waals surface area contributed by atoms with Crippen LogP contribution in [0.5, 0.6) is 0 Å². The molecular weight excluding hydrogens is 584 g/mol. The van der Waals surface area contributed by atoms with Crippen molar-refractivity contribution in [3.8, 4) is 11.1 Å².